The predicted molar refractivity (Wildman–Crippen MR) is 116 cm³/mol. The summed E-state index contributed by atoms with van der Waals surface area (Å²) < 4.78 is 76.0. The number of pyridine rings is 1. The van der Waals surface area contributed by atoms with E-state index in [1.807, 2.05) is 13.8 Å². The minimum Gasteiger partial charge on any atom is -0.495 e. The lowest BCUT2D eigenvalue weighted by atomic mass is 10.0. The van der Waals surface area contributed by atoms with Crippen LogP contribution < -0.4 is 8.92 Å². The second-order valence-electron chi connectivity index (χ2n) is 6.50. The van der Waals surface area contributed by atoms with E-state index < -0.39 is 40.1 Å². The largest absolute Gasteiger partial charge is 0.534 e. The molecule has 9 nitrogen and oxygen atoms in total. The third kappa shape index (κ3) is 4.96. The molecule has 3 rings (SSSR count). The zero-order chi connectivity index (χ0) is 26.0. The average molecular weight is 547 g/mol. The minimum absolute atomic E-state index is 0.0554. The molecule has 0 aliphatic carbocycles. The second-order valence-corrected chi connectivity index (χ2v) is 8.79. The third-order valence-corrected chi connectivity index (χ3v) is 6.52. The first-order valence-corrected chi connectivity index (χ1v) is 11.7. The van der Waals surface area contributed by atoms with Crippen LogP contribution in [-0.2, 0) is 31.0 Å². The number of ether oxygens (including phenoxy) is 2. The van der Waals surface area contributed by atoms with E-state index in [9.17, 15) is 31.2 Å². The summed E-state index contributed by atoms with van der Waals surface area (Å²) >= 11 is 12.3. The lowest BCUT2D eigenvalue weighted by molar-refractivity contribution is -0.144. The Hall–Kier alpha value is -2.51. The first kappa shape index (κ1) is 27.7. The second kappa shape index (κ2) is 10.4. The topological polar surface area (TPSA) is 112 Å². The number of alkyl halides is 3. The van der Waals surface area contributed by atoms with Gasteiger partial charge in [0, 0.05) is 10.9 Å². The maximum atomic E-state index is 12.9. The molecular formula is C19H19Cl2F3N2O7S. The first-order chi connectivity index (χ1) is 15.8. The molecule has 0 radical (unpaired) electrons. The molecule has 0 fully saturated rings. The molecular weight excluding hydrogens is 528 g/mol. The van der Waals surface area contributed by atoms with Crippen LogP contribution in [0.4, 0.5) is 13.2 Å². The fourth-order valence-corrected chi connectivity index (χ4v) is 4.21. The Balaban J connectivity index is 0.00000199. The highest BCUT2D eigenvalue weighted by Crippen LogP contribution is 2.47. The van der Waals surface area contributed by atoms with Crippen molar-refractivity contribution in [3.05, 3.63) is 27.2 Å². The van der Waals surface area contributed by atoms with Crippen molar-refractivity contribution < 1.29 is 44.8 Å². The van der Waals surface area contributed by atoms with Gasteiger partial charge in [-0.3, -0.25) is 9.59 Å². The normalized spacial score (nSPS) is 15.3. The molecule has 1 aliphatic rings. The molecule has 0 saturated carbocycles. The molecule has 15 heteroatoms. The van der Waals surface area contributed by atoms with Crippen molar-refractivity contribution in [3.63, 3.8) is 0 Å². The van der Waals surface area contributed by atoms with E-state index in [2.05, 4.69) is 13.9 Å². The molecule has 0 saturated heterocycles. The van der Waals surface area contributed by atoms with Crippen molar-refractivity contribution in [3.8, 4) is 11.6 Å². The first-order valence-electron chi connectivity index (χ1n) is 9.58. The summed E-state index contributed by atoms with van der Waals surface area (Å²) in [5.74, 6) is -1.48. The van der Waals surface area contributed by atoms with E-state index in [0.717, 1.165) is 4.90 Å². The van der Waals surface area contributed by atoms with E-state index in [1.165, 1.54) is 20.1 Å². The van der Waals surface area contributed by atoms with Crippen molar-refractivity contribution in [2.24, 2.45) is 0 Å². The molecule has 2 aromatic rings. The fourth-order valence-electron chi connectivity index (χ4n) is 3.31. The summed E-state index contributed by atoms with van der Waals surface area (Å²) in [6.07, 6.45) is 0. The van der Waals surface area contributed by atoms with Crippen LogP contribution in [0.5, 0.6) is 11.6 Å². The number of carbonyl (C=O) groups excluding carboxylic acids is 2. The number of methoxy groups -OCH3 is 1. The summed E-state index contributed by atoms with van der Waals surface area (Å²) in [6.45, 7) is 4.58. The van der Waals surface area contributed by atoms with Gasteiger partial charge >= 0.3 is 15.6 Å². The van der Waals surface area contributed by atoms with Crippen LogP contribution >= 0.6 is 23.2 Å². The van der Waals surface area contributed by atoms with Gasteiger partial charge in [-0.25, -0.2) is 4.98 Å². The summed E-state index contributed by atoms with van der Waals surface area (Å²) in [5, 5.41) is -0.0850. The number of amides is 1. The van der Waals surface area contributed by atoms with E-state index in [1.54, 1.807) is 0 Å². The number of rotatable bonds is 6. The lowest BCUT2D eigenvalue weighted by Gasteiger charge is -2.21. The Morgan fingerprint density at radius 2 is 1.91 bits per heavy atom. The highest BCUT2D eigenvalue weighted by Gasteiger charge is 2.50. The van der Waals surface area contributed by atoms with Crippen molar-refractivity contribution in [2.45, 2.75) is 38.9 Å². The van der Waals surface area contributed by atoms with Crippen molar-refractivity contribution in [1.82, 2.24) is 9.88 Å². The van der Waals surface area contributed by atoms with Crippen LogP contribution in [0, 0.1) is 0 Å². The number of hydrogen-bond donors (Lipinski definition) is 0. The summed E-state index contributed by atoms with van der Waals surface area (Å²) in [6, 6.07) is 0.597. The van der Waals surface area contributed by atoms with Crippen LogP contribution in [0.2, 0.25) is 10.0 Å². The maximum Gasteiger partial charge on any atom is 0.534 e. The highest BCUT2D eigenvalue weighted by atomic mass is 35.5. The van der Waals surface area contributed by atoms with Crippen LogP contribution in [0.3, 0.4) is 0 Å². The van der Waals surface area contributed by atoms with Gasteiger partial charge in [-0.2, -0.15) is 21.6 Å². The van der Waals surface area contributed by atoms with E-state index in [4.69, 9.17) is 27.9 Å². The van der Waals surface area contributed by atoms with Gasteiger partial charge < -0.3 is 18.6 Å². The van der Waals surface area contributed by atoms with Crippen LogP contribution in [0.25, 0.3) is 10.9 Å². The van der Waals surface area contributed by atoms with Gasteiger partial charge in [0.05, 0.1) is 30.2 Å². The van der Waals surface area contributed by atoms with Crippen LogP contribution in [-0.4, -0.2) is 49.9 Å². The highest BCUT2D eigenvalue weighted by molar-refractivity contribution is 7.88. The van der Waals surface area contributed by atoms with E-state index in [0.29, 0.717) is 0 Å². The molecule has 34 heavy (non-hydrogen) atoms. The van der Waals surface area contributed by atoms with E-state index in [-0.39, 0.29) is 50.8 Å². The van der Waals surface area contributed by atoms with Crippen molar-refractivity contribution in [1.29, 1.82) is 0 Å². The molecule has 1 aromatic carbocycles. The zero-order valence-electron chi connectivity index (χ0n) is 18.2. The van der Waals surface area contributed by atoms with Gasteiger partial charge in [0.1, 0.15) is 10.8 Å². The number of nitrogens with zero attached hydrogens (tertiary/aromatic N) is 2. The standard InChI is InChI=1S/C17H13Cl2F3N2O7S.C2H6/c1-7-12-8-3-10(29-2)13(18)14(19)15(8)23-16(31-32(27,28)17(20,21)22)9(12)4-24(7)11(26)5-30-6-25;1-2/h3,6-7H,4-5H2,1-2H3;1-2H3/t7-;/m0./s1. The molecule has 1 atom stereocenters. The molecule has 0 spiro atoms. The molecule has 0 N–H and O–H groups in total. The Bertz CT molecular complexity index is 1220. The third-order valence-electron chi connectivity index (χ3n) is 4.74. The monoisotopic (exact) mass is 546 g/mol. The summed E-state index contributed by atoms with van der Waals surface area (Å²) in [7, 11) is -4.78. The molecule has 0 unspecified atom stereocenters. The Morgan fingerprint density at radius 1 is 1.29 bits per heavy atom. The molecule has 1 aliphatic heterocycles. The Labute approximate surface area is 202 Å². The Morgan fingerprint density at radius 3 is 2.44 bits per heavy atom. The quantitative estimate of drug-likeness (QED) is 0.298. The Kier molecular flexibility index (Phi) is 8.48. The molecule has 1 aromatic heterocycles. The number of hydrogen-bond acceptors (Lipinski definition) is 8. The SMILES string of the molecule is CC.COc1cc2c3c(c(OS(=O)(=O)C(F)(F)F)nc2c(Cl)c1Cl)CN(C(=O)COC=O)[C@H]3C. The van der Waals surface area contributed by atoms with Gasteiger partial charge in [-0.1, -0.05) is 37.0 Å². The van der Waals surface area contributed by atoms with Crippen molar-refractivity contribution >= 4 is 56.6 Å². The summed E-state index contributed by atoms with van der Waals surface area (Å²) in [4.78, 5) is 27.9. The molecule has 188 valence electrons. The predicted octanol–water partition coefficient (Wildman–Crippen LogP) is 4.38. The van der Waals surface area contributed by atoms with Gasteiger partial charge in [0.15, 0.2) is 6.61 Å². The average Bonchev–Trinajstić information content (AvgIpc) is 3.13. The van der Waals surface area contributed by atoms with Gasteiger partial charge in [0.2, 0.25) is 5.88 Å². The summed E-state index contributed by atoms with van der Waals surface area (Å²) in [5.41, 5.74) is -5.76. The minimum atomic E-state index is -6.08. The lowest BCUT2D eigenvalue weighted by Crippen LogP contribution is -2.31. The smallest absolute Gasteiger partial charge is 0.495 e. The molecule has 2 heterocycles. The van der Waals surface area contributed by atoms with E-state index >= 15 is 0 Å². The van der Waals surface area contributed by atoms with Crippen LogP contribution in [0.1, 0.15) is 37.9 Å². The number of aromatic nitrogens is 1. The number of fused-ring (bicyclic) bond motifs is 3. The maximum absolute atomic E-state index is 12.9. The van der Waals surface area contributed by atoms with Gasteiger partial charge in [-0.05, 0) is 18.6 Å². The molecule has 0 bridgehead atoms. The van der Waals surface area contributed by atoms with Crippen molar-refractivity contribution in [2.75, 3.05) is 13.7 Å². The van der Waals surface area contributed by atoms with Crippen LogP contribution in [0.15, 0.2) is 6.07 Å². The van der Waals surface area contributed by atoms with Gasteiger partial charge in [0.25, 0.3) is 12.4 Å². The van der Waals surface area contributed by atoms with Gasteiger partial charge in [-0.15, -0.1) is 0 Å². The zero-order valence-corrected chi connectivity index (χ0v) is 20.5. The number of benzene rings is 1. The number of carbonyl (C=O) groups is 2. The molecule has 1 amide bonds. The fraction of sp³-hybridized carbons (Fsp3) is 0.421. The number of halogens is 5.